The van der Waals surface area contributed by atoms with Crippen molar-refractivity contribution in [2.45, 2.75) is 39.0 Å². The Morgan fingerprint density at radius 2 is 1.66 bits per heavy atom. The molecule has 4 heteroatoms. The van der Waals surface area contributed by atoms with Gasteiger partial charge in [0, 0.05) is 6.54 Å². The van der Waals surface area contributed by atoms with Crippen LogP contribution >= 0.6 is 0 Å². The van der Waals surface area contributed by atoms with Crippen LogP contribution in [0.2, 0.25) is 0 Å². The standard InChI is InChI=1S/C25H27NO3/c1-2-7-24(27)25(28)26-17-20-10-6-11-22(16-20)21-12-14-23(15-13-21)29-18-19-8-4-3-5-9-19/h3-6,8-16,24,27H,2,7,17-18H2,1H3,(H,26,28). The number of aliphatic hydroxyl groups excluding tert-OH is 1. The molecule has 0 heterocycles. The molecule has 0 aromatic heterocycles. The average molecular weight is 389 g/mol. The molecule has 0 spiro atoms. The van der Waals surface area contributed by atoms with Crippen molar-refractivity contribution >= 4 is 5.91 Å². The van der Waals surface area contributed by atoms with Crippen molar-refractivity contribution < 1.29 is 14.6 Å². The first-order valence-electron chi connectivity index (χ1n) is 9.97. The number of hydrogen-bond donors (Lipinski definition) is 2. The summed E-state index contributed by atoms with van der Waals surface area (Å²) >= 11 is 0. The van der Waals surface area contributed by atoms with Gasteiger partial charge < -0.3 is 15.2 Å². The van der Waals surface area contributed by atoms with Crippen molar-refractivity contribution in [3.05, 3.63) is 90.0 Å². The van der Waals surface area contributed by atoms with Gasteiger partial charge in [0.2, 0.25) is 5.91 Å². The third kappa shape index (κ3) is 6.19. The van der Waals surface area contributed by atoms with Crippen LogP contribution in [-0.4, -0.2) is 17.1 Å². The lowest BCUT2D eigenvalue weighted by molar-refractivity contribution is -0.129. The molecule has 3 aromatic rings. The second-order valence-corrected chi connectivity index (χ2v) is 7.02. The van der Waals surface area contributed by atoms with Crippen molar-refractivity contribution in [3.8, 4) is 16.9 Å². The molecule has 0 saturated carbocycles. The minimum atomic E-state index is -0.938. The second kappa shape index (κ2) is 10.4. The van der Waals surface area contributed by atoms with E-state index in [2.05, 4.69) is 5.32 Å². The quantitative estimate of drug-likeness (QED) is 0.557. The summed E-state index contributed by atoms with van der Waals surface area (Å²) < 4.78 is 5.84. The lowest BCUT2D eigenvalue weighted by Crippen LogP contribution is -2.33. The van der Waals surface area contributed by atoms with Gasteiger partial charge in [-0.05, 0) is 46.9 Å². The fourth-order valence-electron chi connectivity index (χ4n) is 3.06. The number of amides is 1. The van der Waals surface area contributed by atoms with E-state index in [0.29, 0.717) is 19.6 Å². The Hall–Kier alpha value is -3.11. The second-order valence-electron chi connectivity index (χ2n) is 7.02. The van der Waals surface area contributed by atoms with Crippen LogP contribution in [0.1, 0.15) is 30.9 Å². The van der Waals surface area contributed by atoms with Crippen LogP contribution in [-0.2, 0) is 17.9 Å². The molecule has 0 aliphatic carbocycles. The Labute approximate surface area is 172 Å². The van der Waals surface area contributed by atoms with Crippen molar-refractivity contribution in [2.75, 3.05) is 0 Å². The monoisotopic (exact) mass is 389 g/mol. The molecular weight excluding hydrogens is 362 g/mol. The third-order valence-electron chi connectivity index (χ3n) is 4.69. The van der Waals surface area contributed by atoms with Crippen LogP contribution in [0.3, 0.4) is 0 Å². The van der Waals surface area contributed by atoms with Crippen LogP contribution in [0.15, 0.2) is 78.9 Å². The van der Waals surface area contributed by atoms with Crippen molar-refractivity contribution in [2.24, 2.45) is 0 Å². The average Bonchev–Trinajstić information content (AvgIpc) is 2.77. The summed E-state index contributed by atoms with van der Waals surface area (Å²) in [6.07, 6.45) is 0.311. The van der Waals surface area contributed by atoms with Gasteiger partial charge >= 0.3 is 0 Å². The van der Waals surface area contributed by atoms with Crippen LogP contribution in [0.4, 0.5) is 0 Å². The molecule has 1 atom stereocenters. The fraction of sp³-hybridized carbons (Fsp3) is 0.240. The highest BCUT2D eigenvalue weighted by Crippen LogP contribution is 2.24. The zero-order chi connectivity index (χ0) is 20.5. The molecule has 3 rings (SSSR count). The first kappa shape index (κ1) is 20.6. The smallest absolute Gasteiger partial charge is 0.249 e. The summed E-state index contributed by atoms with van der Waals surface area (Å²) in [5.74, 6) is 0.503. The van der Waals surface area contributed by atoms with Crippen molar-refractivity contribution in [1.82, 2.24) is 5.32 Å². The lowest BCUT2D eigenvalue weighted by atomic mass is 10.0. The molecule has 0 radical (unpaired) electrons. The third-order valence-corrected chi connectivity index (χ3v) is 4.69. The van der Waals surface area contributed by atoms with E-state index < -0.39 is 6.10 Å². The van der Waals surface area contributed by atoms with Gasteiger partial charge in [0.05, 0.1) is 0 Å². The number of carbonyl (C=O) groups excluding carboxylic acids is 1. The predicted octanol–water partition coefficient (Wildman–Crippen LogP) is 4.71. The summed E-state index contributed by atoms with van der Waals surface area (Å²) in [6.45, 7) is 2.88. The summed E-state index contributed by atoms with van der Waals surface area (Å²) in [5.41, 5.74) is 4.27. The highest BCUT2D eigenvalue weighted by Gasteiger charge is 2.13. The first-order chi connectivity index (χ1) is 14.2. The molecule has 2 N–H and O–H groups in total. The molecule has 1 amide bonds. The van der Waals surface area contributed by atoms with Crippen LogP contribution in [0, 0.1) is 0 Å². The van der Waals surface area contributed by atoms with Gasteiger partial charge in [-0.25, -0.2) is 0 Å². The van der Waals surface area contributed by atoms with Crippen molar-refractivity contribution in [1.29, 1.82) is 0 Å². The van der Waals surface area contributed by atoms with E-state index in [1.54, 1.807) is 0 Å². The maximum absolute atomic E-state index is 11.9. The summed E-state index contributed by atoms with van der Waals surface area (Å²) in [5, 5.41) is 12.5. The van der Waals surface area contributed by atoms with Gasteiger partial charge in [0.15, 0.2) is 0 Å². The molecule has 0 aliphatic rings. The number of ether oxygens (including phenoxy) is 1. The summed E-state index contributed by atoms with van der Waals surface area (Å²) in [4.78, 5) is 11.9. The van der Waals surface area contributed by atoms with E-state index >= 15 is 0 Å². The number of carbonyl (C=O) groups is 1. The van der Waals surface area contributed by atoms with Gasteiger partial charge in [-0.1, -0.05) is 74.0 Å². The van der Waals surface area contributed by atoms with E-state index in [1.807, 2.05) is 85.8 Å². The number of rotatable bonds is 9. The lowest BCUT2D eigenvalue weighted by Gasteiger charge is -2.11. The minimum absolute atomic E-state index is 0.322. The van der Waals surface area contributed by atoms with Gasteiger partial charge in [0.25, 0.3) is 0 Å². The molecule has 0 fully saturated rings. The Morgan fingerprint density at radius 3 is 2.38 bits per heavy atom. The first-order valence-corrected chi connectivity index (χ1v) is 9.97. The van der Waals surface area contributed by atoms with Gasteiger partial charge in [-0.2, -0.15) is 0 Å². The predicted molar refractivity (Wildman–Crippen MR) is 115 cm³/mol. The molecule has 0 aliphatic heterocycles. The summed E-state index contributed by atoms with van der Waals surface area (Å²) in [7, 11) is 0. The number of benzene rings is 3. The summed E-state index contributed by atoms with van der Waals surface area (Å²) in [6, 6.07) is 26.1. The Kier molecular flexibility index (Phi) is 7.42. The molecule has 0 saturated heterocycles. The molecule has 1 unspecified atom stereocenters. The normalized spacial score (nSPS) is 11.7. The van der Waals surface area contributed by atoms with Gasteiger partial charge in [-0.3, -0.25) is 4.79 Å². The van der Waals surface area contributed by atoms with Gasteiger partial charge in [0.1, 0.15) is 18.5 Å². The molecular formula is C25H27NO3. The molecule has 0 bridgehead atoms. The SMILES string of the molecule is CCCC(O)C(=O)NCc1cccc(-c2ccc(OCc3ccccc3)cc2)c1. The maximum Gasteiger partial charge on any atom is 0.249 e. The van der Waals surface area contributed by atoms with Crippen LogP contribution in [0.5, 0.6) is 5.75 Å². The van der Waals surface area contributed by atoms with E-state index in [4.69, 9.17) is 4.74 Å². The van der Waals surface area contributed by atoms with Crippen LogP contribution in [0.25, 0.3) is 11.1 Å². The molecule has 150 valence electrons. The van der Waals surface area contributed by atoms with Crippen molar-refractivity contribution in [3.63, 3.8) is 0 Å². The largest absolute Gasteiger partial charge is 0.489 e. The highest BCUT2D eigenvalue weighted by molar-refractivity contribution is 5.80. The Morgan fingerprint density at radius 1 is 0.931 bits per heavy atom. The van der Waals surface area contributed by atoms with E-state index in [0.717, 1.165) is 34.4 Å². The fourth-order valence-corrected chi connectivity index (χ4v) is 3.06. The molecule has 3 aromatic carbocycles. The van der Waals surface area contributed by atoms with E-state index in [-0.39, 0.29) is 5.91 Å². The maximum atomic E-state index is 11.9. The van der Waals surface area contributed by atoms with Gasteiger partial charge in [-0.15, -0.1) is 0 Å². The number of aliphatic hydroxyl groups is 1. The van der Waals surface area contributed by atoms with Crippen LogP contribution < -0.4 is 10.1 Å². The minimum Gasteiger partial charge on any atom is -0.489 e. The highest BCUT2D eigenvalue weighted by atomic mass is 16.5. The topological polar surface area (TPSA) is 58.6 Å². The number of nitrogens with one attached hydrogen (secondary N) is 1. The molecule has 4 nitrogen and oxygen atoms in total. The van der Waals surface area contributed by atoms with E-state index in [1.165, 1.54) is 0 Å². The molecule has 29 heavy (non-hydrogen) atoms. The van der Waals surface area contributed by atoms with E-state index in [9.17, 15) is 9.90 Å². The Balaban J connectivity index is 1.59. The zero-order valence-electron chi connectivity index (χ0n) is 16.7. The zero-order valence-corrected chi connectivity index (χ0v) is 16.7. The number of hydrogen-bond acceptors (Lipinski definition) is 3. The Bertz CT molecular complexity index is 907.